The van der Waals surface area contributed by atoms with Gasteiger partial charge >= 0.3 is 0 Å². The number of nitrogens with zero attached hydrogens (tertiary/aromatic N) is 2. The third-order valence-corrected chi connectivity index (χ3v) is 4.81. The van der Waals surface area contributed by atoms with Crippen LogP contribution in [0.5, 0.6) is 0 Å². The summed E-state index contributed by atoms with van der Waals surface area (Å²) in [5.74, 6) is 0. The molecule has 2 aliphatic rings. The maximum atomic E-state index is 6.06. The van der Waals surface area contributed by atoms with E-state index < -0.39 is 0 Å². The van der Waals surface area contributed by atoms with Crippen molar-refractivity contribution in [1.29, 1.82) is 0 Å². The Morgan fingerprint density at radius 3 is 1.94 bits per heavy atom. The lowest BCUT2D eigenvalue weighted by Crippen LogP contribution is -2.61. The largest absolute Gasteiger partial charge is 0.329 e. The lowest BCUT2D eigenvalue weighted by Gasteiger charge is -2.48. The normalized spacial score (nSPS) is 27.5. The highest BCUT2D eigenvalue weighted by molar-refractivity contribution is 4.98. The predicted octanol–water partition coefficient (Wildman–Crippen LogP) is 1.67. The SMILES string of the molecule is CC(C)(C)N1CCN(C2(CN)CCCC2)CC1. The summed E-state index contributed by atoms with van der Waals surface area (Å²) in [7, 11) is 0. The highest BCUT2D eigenvalue weighted by Gasteiger charge is 2.40. The third kappa shape index (κ3) is 2.67. The second-order valence-corrected chi connectivity index (χ2v) is 6.78. The summed E-state index contributed by atoms with van der Waals surface area (Å²) in [5.41, 5.74) is 6.73. The lowest BCUT2D eigenvalue weighted by atomic mass is 9.93. The van der Waals surface area contributed by atoms with Crippen molar-refractivity contribution < 1.29 is 0 Å². The van der Waals surface area contributed by atoms with Crippen LogP contribution in [0.25, 0.3) is 0 Å². The molecule has 0 unspecified atom stereocenters. The molecule has 2 rings (SSSR count). The molecule has 0 bridgehead atoms. The average molecular weight is 239 g/mol. The minimum Gasteiger partial charge on any atom is -0.329 e. The zero-order valence-electron chi connectivity index (χ0n) is 11.8. The highest BCUT2D eigenvalue weighted by atomic mass is 15.3. The molecule has 3 heteroatoms. The molecule has 2 N–H and O–H groups in total. The molecule has 0 atom stereocenters. The maximum Gasteiger partial charge on any atom is 0.0332 e. The Labute approximate surface area is 106 Å². The van der Waals surface area contributed by atoms with Gasteiger partial charge in [0.1, 0.15) is 0 Å². The Bertz CT molecular complexity index is 243. The Morgan fingerprint density at radius 1 is 1.00 bits per heavy atom. The molecule has 17 heavy (non-hydrogen) atoms. The standard InChI is InChI=1S/C14H29N3/c1-13(2,3)16-8-10-17(11-9-16)14(12-15)6-4-5-7-14/h4-12,15H2,1-3H3. The van der Waals surface area contributed by atoms with Crippen molar-refractivity contribution in [3.05, 3.63) is 0 Å². The van der Waals surface area contributed by atoms with E-state index in [9.17, 15) is 0 Å². The van der Waals surface area contributed by atoms with Crippen molar-refractivity contribution in [3.8, 4) is 0 Å². The molecule has 3 nitrogen and oxygen atoms in total. The van der Waals surface area contributed by atoms with E-state index in [0.29, 0.717) is 11.1 Å². The van der Waals surface area contributed by atoms with E-state index in [-0.39, 0.29) is 0 Å². The van der Waals surface area contributed by atoms with Crippen molar-refractivity contribution in [3.63, 3.8) is 0 Å². The topological polar surface area (TPSA) is 32.5 Å². The second-order valence-electron chi connectivity index (χ2n) is 6.78. The smallest absolute Gasteiger partial charge is 0.0332 e. The van der Waals surface area contributed by atoms with E-state index in [1.165, 1.54) is 51.9 Å². The third-order valence-electron chi connectivity index (χ3n) is 4.81. The summed E-state index contributed by atoms with van der Waals surface area (Å²) in [5, 5.41) is 0. The predicted molar refractivity (Wildman–Crippen MR) is 73.2 cm³/mol. The zero-order valence-corrected chi connectivity index (χ0v) is 11.8. The monoisotopic (exact) mass is 239 g/mol. The average Bonchev–Trinajstić information content (AvgIpc) is 2.78. The van der Waals surface area contributed by atoms with Crippen LogP contribution in [0.4, 0.5) is 0 Å². The first-order chi connectivity index (χ1) is 7.98. The van der Waals surface area contributed by atoms with E-state index >= 15 is 0 Å². The van der Waals surface area contributed by atoms with E-state index in [4.69, 9.17) is 5.73 Å². The van der Waals surface area contributed by atoms with Gasteiger partial charge in [-0.05, 0) is 33.6 Å². The van der Waals surface area contributed by atoms with Gasteiger partial charge in [-0.2, -0.15) is 0 Å². The van der Waals surface area contributed by atoms with Crippen molar-refractivity contribution in [1.82, 2.24) is 9.80 Å². The number of hydrogen-bond donors (Lipinski definition) is 1. The van der Waals surface area contributed by atoms with Crippen molar-refractivity contribution in [2.24, 2.45) is 5.73 Å². The second kappa shape index (κ2) is 4.87. The summed E-state index contributed by atoms with van der Waals surface area (Å²) in [6.45, 7) is 12.6. The quantitative estimate of drug-likeness (QED) is 0.796. The van der Waals surface area contributed by atoms with Crippen LogP contribution in [0.3, 0.4) is 0 Å². The van der Waals surface area contributed by atoms with Crippen LogP contribution < -0.4 is 5.73 Å². The fourth-order valence-electron chi connectivity index (χ4n) is 3.53. The van der Waals surface area contributed by atoms with E-state index in [0.717, 1.165) is 6.54 Å². The van der Waals surface area contributed by atoms with Crippen molar-refractivity contribution in [2.45, 2.75) is 57.5 Å². The molecule has 0 spiro atoms. The number of piperazine rings is 1. The minimum atomic E-state index is 0.317. The minimum absolute atomic E-state index is 0.317. The first-order valence-electron chi connectivity index (χ1n) is 7.18. The Morgan fingerprint density at radius 2 is 1.53 bits per heavy atom. The highest BCUT2D eigenvalue weighted by Crippen LogP contribution is 2.35. The van der Waals surface area contributed by atoms with Crippen LogP contribution in [0.15, 0.2) is 0 Å². The van der Waals surface area contributed by atoms with Crippen molar-refractivity contribution in [2.75, 3.05) is 32.7 Å². The van der Waals surface area contributed by atoms with Gasteiger partial charge in [0, 0.05) is 43.8 Å². The van der Waals surface area contributed by atoms with Gasteiger partial charge in [-0.25, -0.2) is 0 Å². The molecule has 1 saturated heterocycles. The van der Waals surface area contributed by atoms with Gasteiger partial charge in [0.15, 0.2) is 0 Å². The molecule has 1 aliphatic heterocycles. The maximum absolute atomic E-state index is 6.06. The van der Waals surface area contributed by atoms with Crippen LogP contribution in [-0.4, -0.2) is 53.6 Å². The van der Waals surface area contributed by atoms with Crippen molar-refractivity contribution >= 4 is 0 Å². The summed E-state index contributed by atoms with van der Waals surface area (Å²) >= 11 is 0. The molecule has 1 aliphatic carbocycles. The summed E-state index contributed by atoms with van der Waals surface area (Å²) in [4.78, 5) is 5.28. The van der Waals surface area contributed by atoms with Gasteiger partial charge < -0.3 is 5.73 Å². The molecule has 0 radical (unpaired) electrons. The first-order valence-corrected chi connectivity index (χ1v) is 7.18. The van der Waals surface area contributed by atoms with Crippen LogP contribution in [-0.2, 0) is 0 Å². The molecule has 0 amide bonds. The lowest BCUT2D eigenvalue weighted by molar-refractivity contribution is 0.00636. The molecule has 100 valence electrons. The van der Waals surface area contributed by atoms with E-state index in [1.807, 2.05) is 0 Å². The van der Waals surface area contributed by atoms with Crippen LogP contribution in [0, 0.1) is 0 Å². The van der Waals surface area contributed by atoms with Crippen LogP contribution in [0.1, 0.15) is 46.5 Å². The van der Waals surface area contributed by atoms with Gasteiger partial charge in [0.05, 0.1) is 0 Å². The molecule has 0 aromatic carbocycles. The Balaban J connectivity index is 1.94. The van der Waals surface area contributed by atoms with E-state index in [1.54, 1.807) is 0 Å². The molecule has 1 saturated carbocycles. The van der Waals surface area contributed by atoms with Gasteiger partial charge in [-0.3, -0.25) is 9.80 Å². The molecule has 0 aromatic heterocycles. The van der Waals surface area contributed by atoms with E-state index in [2.05, 4.69) is 30.6 Å². The molecule has 1 heterocycles. The van der Waals surface area contributed by atoms with Gasteiger partial charge in [0.2, 0.25) is 0 Å². The number of rotatable bonds is 2. The summed E-state index contributed by atoms with van der Waals surface area (Å²) in [6.07, 6.45) is 5.38. The van der Waals surface area contributed by atoms with Gasteiger partial charge in [-0.1, -0.05) is 12.8 Å². The first kappa shape index (κ1) is 13.3. The molecule has 0 aromatic rings. The fourth-order valence-corrected chi connectivity index (χ4v) is 3.53. The summed E-state index contributed by atoms with van der Waals surface area (Å²) < 4.78 is 0. The van der Waals surface area contributed by atoms with Crippen LogP contribution in [0.2, 0.25) is 0 Å². The Kier molecular flexibility index (Phi) is 3.81. The molecular weight excluding hydrogens is 210 g/mol. The number of hydrogen-bond acceptors (Lipinski definition) is 3. The zero-order chi connectivity index (χ0) is 12.5. The Hall–Kier alpha value is -0.120. The van der Waals surface area contributed by atoms with Crippen LogP contribution >= 0.6 is 0 Å². The fraction of sp³-hybridized carbons (Fsp3) is 1.00. The summed E-state index contributed by atoms with van der Waals surface area (Å²) in [6, 6.07) is 0. The van der Waals surface area contributed by atoms with Gasteiger partial charge in [0.25, 0.3) is 0 Å². The van der Waals surface area contributed by atoms with Gasteiger partial charge in [-0.15, -0.1) is 0 Å². The molecular formula is C14H29N3. The number of nitrogens with two attached hydrogens (primary N) is 1. The molecule has 2 fully saturated rings.